The van der Waals surface area contributed by atoms with Crippen molar-refractivity contribution in [2.24, 2.45) is 0 Å². The van der Waals surface area contributed by atoms with E-state index in [-0.39, 0.29) is 23.5 Å². The first-order valence-electron chi connectivity index (χ1n) is 9.82. The molecule has 0 saturated carbocycles. The fourth-order valence-corrected chi connectivity index (χ4v) is 5.61. The molecule has 3 rings (SSSR count). The van der Waals surface area contributed by atoms with Crippen molar-refractivity contribution in [2.45, 2.75) is 45.7 Å². The summed E-state index contributed by atoms with van der Waals surface area (Å²) in [6.07, 6.45) is 1.60. The Morgan fingerprint density at radius 3 is 2.69 bits per heavy atom. The van der Waals surface area contributed by atoms with Crippen LogP contribution in [0.3, 0.4) is 0 Å². The number of carbonyl (C=O) groups excluding carboxylic acids is 1. The van der Waals surface area contributed by atoms with Crippen LogP contribution in [-0.2, 0) is 27.6 Å². The number of ether oxygens (including phenoxy) is 1. The molecule has 1 saturated heterocycles. The van der Waals surface area contributed by atoms with Gasteiger partial charge in [-0.1, -0.05) is 18.2 Å². The standard InChI is InChI=1S/C21H29N3O4S/c1-15-19(16(2)24(22-15)18-11-12-29(26,27)14-18)13-23(3)21(25)10-9-17-7-5-6-8-20(17)28-4/h5-8,18H,9-14H2,1-4H3/t18-/m0/s1. The minimum absolute atomic E-state index is 0.0471. The minimum atomic E-state index is -2.98. The topological polar surface area (TPSA) is 81.5 Å². The lowest BCUT2D eigenvalue weighted by Crippen LogP contribution is -2.27. The Morgan fingerprint density at radius 2 is 2.03 bits per heavy atom. The Bertz CT molecular complexity index is 997. The number of hydrogen-bond donors (Lipinski definition) is 0. The van der Waals surface area contributed by atoms with Gasteiger partial charge in [-0.2, -0.15) is 5.10 Å². The molecule has 1 atom stereocenters. The number of para-hydroxylation sites is 1. The molecule has 1 aromatic carbocycles. The van der Waals surface area contributed by atoms with Crippen LogP contribution in [0.2, 0.25) is 0 Å². The van der Waals surface area contributed by atoms with Crippen LogP contribution in [0.15, 0.2) is 24.3 Å². The highest BCUT2D eigenvalue weighted by Gasteiger charge is 2.31. The largest absolute Gasteiger partial charge is 0.496 e. The van der Waals surface area contributed by atoms with Crippen LogP contribution in [0.1, 0.15) is 41.4 Å². The maximum atomic E-state index is 12.7. The lowest BCUT2D eigenvalue weighted by atomic mass is 10.1. The van der Waals surface area contributed by atoms with E-state index in [0.717, 1.165) is 28.3 Å². The van der Waals surface area contributed by atoms with Crippen LogP contribution in [0.5, 0.6) is 5.75 Å². The van der Waals surface area contributed by atoms with Gasteiger partial charge < -0.3 is 9.64 Å². The quantitative estimate of drug-likeness (QED) is 0.689. The van der Waals surface area contributed by atoms with Gasteiger partial charge in [-0.15, -0.1) is 0 Å². The van der Waals surface area contributed by atoms with E-state index in [9.17, 15) is 13.2 Å². The zero-order valence-electron chi connectivity index (χ0n) is 17.5. The minimum Gasteiger partial charge on any atom is -0.496 e. The number of methoxy groups -OCH3 is 1. The van der Waals surface area contributed by atoms with E-state index in [1.807, 2.05) is 42.8 Å². The SMILES string of the molecule is COc1ccccc1CCC(=O)N(C)Cc1c(C)nn([C@H]2CCS(=O)(=O)C2)c1C. The number of sulfone groups is 1. The third-order valence-electron chi connectivity index (χ3n) is 5.65. The van der Waals surface area contributed by atoms with Crippen LogP contribution >= 0.6 is 0 Å². The van der Waals surface area contributed by atoms with E-state index in [2.05, 4.69) is 5.10 Å². The first kappa shape index (κ1) is 21.4. The summed E-state index contributed by atoms with van der Waals surface area (Å²) in [4.78, 5) is 14.4. The number of aryl methyl sites for hydroxylation is 2. The van der Waals surface area contributed by atoms with E-state index >= 15 is 0 Å². The van der Waals surface area contributed by atoms with Gasteiger partial charge in [0.25, 0.3) is 0 Å². The predicted octanol–water partition coefficient (Wildman–Crippen LogP) is 2.46. The Hall–Kier alpha value is -2.35. The second-order valence-corrected chi connectivity index (χ2v) is 9.94. The van der Waals surface area contributed by atoms with E-state index < -0.39 is 9.84 Å². The van der Waals surface area contributed by atoms with Gasteiger partial charge in [0, 0.05) is 31.3 Å². The number of aromatic nitrogens is 2. The lowest BCUT2D eigenvalue weighted by molar-refractivity contribution is -0.130. The van der Waals surface area contributed by atoms with Crippen molar-refractivity contribution in [1.82, 2.24) is 14.7 Å². The molecule has 0 N–H and O–H groups in total. The average Bonchev–Trinajstić information content (AvgIpc) is 3.19. The van der Waals surface area contributed by atoms with Gasteiger partial charge in [-0.3, -0.25) is 9.48 Å². The molecule has 0 spiro atoms. The van der Waals surface area contributed by atoms with Crippen LogP contribution in [0, 0.1) is 13.8 Å². The highest BCUT2D eigenvalue weighted by atomic mass is 32.2. The lowest BCUT2D eigenvalue weighted by Gasteiger charge is -2.18. The van der Waals surface area contributed by atoms with Crippen molar-refractivity contribution in [1.29, 1.82) is 0 Å². The zero-order chi connectivity index (χ0) is 21.2. The van der Waals surface area contributed by atoms with Crippen LogP contribution in [0.4, 0.5) is 0 Å². The summed E-state index contributed by atoms with van der Waals surface area (Å²) in [5.41, 5.74) is 3.78. The third kappa shape index (κ3) is 4.80. The molecule has 158 valence electrons. The van der Waals surface area contributed by atoms with Gasteiger partial charge in [0.05, 0.1) is 30.4 Å². The van der Waals surface area contributed by atoms with Crippen LogP contribution in [-0.4, -0.2) is 54.7 Å². The molecule has 0 aliphatic carbocycles. The highest BCUT2D eigenvalue weighted by Crippen LogP contribution is 2.27. The van der Waals surface area contributed by atoms with Gasteiger partial charge in [0.1, 0.15) is 5.75 Å². The van der Waals surface area contributed by atoms with Crippen LogP contribution < -0.4 is 4.74 Å². The molecular weight excluding hydrogens is 390 g/mol. The molecule has 0 bridgehead atoms. The molecule has 29 heavy (non-hydrogen) atoms. The molecule has 1 aliphatic rings. The molecule has 2 heterocycles. The van der Waals surface area contributed by atoms with Crippen molar-refractivity contribution in [3.05, 3.63) is 46.8 Å². The van der Waals surface area contributed by atoms with Gasteiger partial charge in [0.15, 0.2) is 9.84 Å². The molecule has 2 aromatic rings. The molecule has 0 unspecified atom stereocenters. The van der Waals surface area contributed by atoms with E-state index in [4.69, 9.17) is 4.74 Å². The molecular formula is C21H29N3O4S. The zero-order valence-corrected chi connectivity index (χ0v) is 18.3. The summed E-state index contributed by atoms with van der Waals surface area (Å²) < 4.78 is 30.8. The monoisotopic (exact) mass is 419 g/mol. The maximum absolute atomic E-state index is 12.7. The van der Waals surface area contributed by atoms with E-state index in [1.165, 1.54) is 0 Å². The number of nitrogens with zero attached hydrogens (tertiary/aromatic N) is 3. The molecule has 1 fully saturated rings. The maximum Gasteiger partial charge on any atom is 0.222 e. The second-order valence-electron chi connectivity index (χ2n) is 7.71. The van der Waals surface area contributed by atoms with Crippen molar-refractivity contribution >= 4 is 15.7 Å². The van der Waals surface area contributed by atoms with Crippen LogP contribution in [0.25, 0.3) is 0 Å². The predicted molar refractivity (Wildman–Crippen MR) is 112 cm³/mol. The number of benzene rings is 1. The molecule has 1 aromatic heterocycles. The Morgan fingerprint density at radius 1 is 1.31 bits per heavy atom. The smallest absolute Gasteiger partial charge is 0.222 e. The van der Waals surface area contributed by atoms with Crippen molar-refractivity contribution in [3.63, 3.8) is 0 Å². The van der Waals surface area contributed by atoms with Gasteiger partial charge in [-0.25, -0.2) is 8.42 Å². The van der Waals surface area contributed by atoms with Crippen molar-refractivity contribution < 1.29 is 17.9 Å². The molecule has 8 heteroatoms. The summed E-state index contributed by atoms with van der Waals surface area (Å²) in [6.45, 7) is 4.32. The summed E-state index contributed by atoms with van der Waals surface area (Å²) in [6, 6.07) is 7.61. The first-order valence-corrected chi connectivity index (χ1v) is 11.6. The number of rotatable bonds is 7. The van der Waals surface area contributed by atoms with Crippen molar-refractivity contribution in [2.75, 3.05) is 25.7 Å². The first-order chi connectivity index (χ1) is 13.7. The summed E-state index contributed by atoms with van der Waals surface area (Å²) >= 11 is 0. The second kappa shape index (κ2) is 8.57. The molecule has 1 amide bonds. The summed E-state index contributed by atoms with van der Waals surface area (Å²) in [5.74, 6) is 1.20. The number of carbonyl (C=O) groups is 1. The summed E-state index contributed by atoms with van der Waals surface area (Å²) in [7, 11) is 0.447. The average molecular weight is 420 g/mol. The van der Waals surface area contributed by atoms with Gasteiger partial charge in [0.2, 0.25) is 5.91 Å². The third-order valence-corrected chi connectivity index (χ3v) is 7.40. The van der Waals surface area contributed by atoms with E-state index in [1.54, 1.807) is 19.1 Å². The Balaban J connectivity index is 1.66. The summed E-state index contributed by atoms with van der Waals surface area (Å²) in [5, 5.41) is 4.58. The molecule has 7 nitrogen and oxygen atoms in total. The molecule has 0 radical (unpaired) electrons. The fourth-order valence-electron chi connectivity index (χ4n) is 3.92. The number of hydrogen-bond acceptors (Lipinski definition) is 5. The number of amides is 1. The normalized spacial score (nSPS) is 18.0. The Labute approximate surface area is 172 Å². The highest BCUT2D eigenvalue weighted by molar-refractivity contribution is 7.91. The fraction of sp³-hybridized carbons (Fsp3) is 0.524. The molecule has 1 aliphatic heterocycles. The Kier molecular flexibility index (Phi) is 6.31. The van der Waals surface area contributed by atoms with E-state index in [0.29, 0.717) is 25.8 Å². The van der Waals surface area contributed by atoms with Gasteiger partial charge in [-0.05, 0) is 38.3 Å². The van der Waals surface area contributed by atoms with Crippen molar-refractivity contribution in [3.8, 4) is 5.75 Å². The van der Waals surface area contributed by atoms with Gasteiger partial charge >= 0.3 is 0 Å².